The van der Waals surface area contributed by atoms with Crippen LogP contribution in [0.5, 0.6) is 0 Å². The fourth-order valence-corrected chi connectivity index (χ4v) is 1.73. The molecule has 0 fully saturated rings. The minimum Gasteiger partial charge on any atom is -0.275 e. The predicted octanol–water partition coefficient (Wildman–Crippen LogP) is 1.45. The van der Waals surface area contributed by atoms with Crippen LogP contribution in [0, 0.1) is 0 Å². The van der Waals surface area contributed by atoms with Gasteiger partial charge in [0.2, 0.25) is 0 Å². The summed E-state index contributed by atoms with van der Waals surface area (Å²) in [6, 6.07) is 0.117. The van der Waals surface area contributed by atoms with Gasteiger partial charge in [-0.15, -0.1) is 6.58 Å². The molecule has 84 valence electrons. The van der Waals surface area contributed by atoms with Crippen LogP contribution in [0.3, 0.4) is 0 Å². The van der Waals surface area contributed by atoms with E-state index >= 15 is 0 Å². The Hall–Kier alpha value is -1.13. The van der Waals surface area contributed by atoms with Gasteiger partial charge in [-0.3, -0.25) is 16.0 Å². The number of nitrogens with two attached hydrogens (primary N) is 1. The number of nitrogens with zero attached hydrogens (tertiary/aromatic N) is 2. The Morgan fingerprint density at radius 3 is 2.87 bits per heavy atom. The molecular formula is C11H20N4. The number of hydrazine groups is 1. The standard InChI is InChI=1S/C11H20N4/c1-5-10-9(7-15(4)14-10)11(13-12)6-8(2)3/h7,11,13H,2,5-6,12H2,1,3-4H3. The van der Waals surface area contributed by atoms with Crippen LogP contribution in [-0.2, 0) is 13.5 Å². The van der Waals surface area contributed by atoms with E-state index in [4.69, 9.17) is 5.84 Å². The molecule has 0 aliphatic rings. The maximum atomic E-state index is 5.56. The summed E-state index contributed by atoms with van der Waals surface area (Å²) in [4.78, 5) is 0. The van der Waals surface area contributed by atoms with Crippen LogP contribution in [0.2, 0.25) is 0 Å². The van der Waals surface area contributed by atoms with E-state index in [2.05, 4.69) is 24.0 Å². The zero-order valence-electron chi connectivity index (χ0n) is 9.75. The van der Waals surface area contributed by atoms with Crippen molar-refractivity contribution < 1.29 is 0 Å². The number of aryl methyl sites for hydroxylation is 2. The van der Waals surface area contributed by atoms with Crippen molar-refractivity contribution in [1.29, 1.82) is 0 Å². The van der Waals surface area contributed by atoms with Crippen LogP contribution in [0.25, 0.3) is 0 Å². The van der Waals surface area contributed by atoms with Gasteiger partial charge >= 0.3 is 0 Å². The van der Waals surface area contributed by atoms with Crippen LogP contribution in [0.4, 0.5) is 0 Å². The predicted molar refractivity (Wildman–Crippen MR) is 62.1 cm³/mol. The van der Waals surface area contributed by atoms with Gasteiger partial charge in [0.15, 0.2) is 0 Å². The molecule has 0 bridgehead atoms. The minimum absolute atomic E-state index is 0.117. The molecule has 4 nitrogen and oxygen atoms in total. The first kappa shape index (κ1) is 11.9. The normalized spacial score (nSPS) is 12.8. The highest BCUT2D eigenvalue weighted by Gasteiger charge is 2.16. The van der Waals surface area contributed by atoms with Crippen molar-refractivity contribution in [3.63, 3.8) is 0 Å². The molecule has 0 saturated carbocycles. The van der Waals surface area contributed by atoms with Crippen molar-refractivity contribution >= 4 is 0 Å². The Kier molecular flexibility index (Phi) is 4.05. The van der Waals surface area contributed by atoms with Gasteiger partial charge in [0.1, 0.15) is 0 Å². The molecule has 0 amide bonds. The second-order valence-electron chi connectivity index (χ2n) is 3.94. The largest absolute Gasteiger partial charge is 0.275 e. The summed E-state index contributed by atoms with van der Waals surface area (Å²) in [6.45, 7) is 8.01. The van der Waals surface area contributed by atoms with Crippen molar-refractivity contribution in [2.45, 2.75) is 32.7 Å². The Bertz CT molecular complexity index is 340. The first-order valence-electron chi connectivity index (χ1n) is 5.21. The summed E-state index contributed by atoms with van der Waals surface area (Å²) in [5.41, 5.74) is 6.21. The van der Waals surface area contributed by atoms with E-state index in [1.807, 2.05) is 24.9 Å². The Labute approximate surface area is 91.1 Å². The molecule has 1 aromatic heterocycles. The van der Waals surface area contributed by atoms with Gasteiger partial charge in [0.25, 0.3) is 0 Å². The van der Waals surface area contributed by atoms with E-state index in [-0.39, 0.29) is 6.04 Å². The molecule has 0 spiro atoms. The van der Waals surface area contributed by atoms with Crippen LogP contribution in [0.15, 0.2) is 18.3 Å². The lowest BCUT2D eigenvalue weighted by molar-refractivity contribution is 0.546. The van der Waals surface area contributed by atoms with Crippen molar-refractivity contribution in [2.75, 3.05) is 0 Å². The first-order valence-corrected chi connectivity index (χ1v) is 5.21. The zero-order valence-corrected chi connectivity index (χ0v) is 9.75. The number of rotatable bonds is 5. The monoisotopic (exact) mass is 208 g/mol. The topological polar surface area (TPSA) is 55.9 Å². The van der Waals surface area contributed by atoms with Gasteiger partial charge < -0.3 is 0 Å². The number of aromatic nitrogens is 2. The lowest BCUT2D eigenvalue weighted by Gasteiger charge is -2.15. The molecule has 15 heavy (non-hydrogen) atoms. The van der Waals surface area contributed by atoms with Crippen LogP contribution in [-0.4, -0.2) is 9.78 Å². The molecule has 0 aliphatic carbocycles. The van der Waals surface area contributed by atoms with Crippen molar-refractivity contribution in [3.8, 4) is 0 Å². The molecule has 0 aromatic carbocycles. The first-order chi connectivity index (χ1) is 7.08. The lowest BCUT2D eigenvalue weighted by atomic mass is 10.0. The number of nitrogens with one attached hydrogen (secondary N) is 1. The maximum Gasteiger partial charge on any atom is 0.0670 e. The van der Waals surface area contributed by atoms with Gasteiger partial charge in [-0.2, -0.15) is 5.10 Å². The molecule has 1 rings (SSSR count). The third-order valence-electron chi connectivity index (χ3n) is 2.40. The van der Waals surface area contributed by atoms with Gasteiger partial charge in [-0.25, -0.2) is 0 Å². The number of hydrogen-bond donors (Lipinski definition) is 2. The molecule has 0 aliphatic heterocycles. The summed E-state index contributed by atoms with van der Waals surface area (Å²) >= 11 is 0. The highest BCUT2D eigenvalue weighted by molar-refractivity contribution is 5.22. The van der Waals surface area contributed by atoms with E-state index in [0.717, 1.165) is 24.1 Å². The molecule has 1 atom stereocenters. The summed E-state index contributed by atoms with van der Waals surface area (Å²) in [7, 11) is 1.93. The summed E-state index contributed by atoms with van der Waals surface area (Å²) in [5, 5.41) is 4.40. The second kappa shape index (κ2) is 5.09. The highest BCUT2D eigenvalue weighted by Crippen LogP contribution is 2.22. The number of hydrogen-bond acceptors (Lipinski definition) is 3. The van der Waals surface area contributed by atoms with Gasteiger partial charge in [0.05, 0.1) is 11.7 Å². The molecule has 1 unspecified atom stereocenters. The van der Waals surface area contributed by atoms with Gasteiger partial charge in [-0.05, 0) is 19.8 Å². The Morgan fingerprint density at radius 1 is 1.73 bits per heavy atom. The fourth-order valence-electron chi connectivity index (χ4n) is 1.73. The average molecular weight is 208 g/mol. The third-order valence-corrected chi connectivity index (χ3v) is 2.40. The van der Waals surface area contributed by atoms with E-state index in [1.54, 1.807) is 0 Å². The van der Waals surface area contributed by atoms with Crippen LogP contribution < -0.4 is 11.3 Å². The molecule has 3 N–H and O–H groups in total. The van der Waals surface area contributed by atoms with Gasteiger partial charge in [-0.1, -0.05) is 12.5 Å². The third kappa shape index (κ3) is 2.91. The lowest BCUT2D eigenvalue weighted by Crippen LogP contribution is -2.28. The Morgan fingerprint density at radius 2 is 2.40 bits per heavy atom. The SMILES string of the molecule is C=C(C)CC(NN)c1cn(C)nc1CC. The van der Waals surface area contributed by atoms with Crippen LogP contribution in [0.1, 0.15) is 37.6 Å². The Balaban J connectivity index is 2.94. The van der Waals surface area contributed by atoms with Gasteiger partial charge in [0, 0.05) is 18.8 Å². The van der Waals surface area contributed by atoms with Crippen molar-refractivity contribution in [2.24, 2.45) is 12.9 Å². The molecule has 4 heteroatoms. The molecule has 1 heterocycles. The van der Waals surface area contributed by atoms with E-state index in [1.165, 1.54) is 5.56 Å². The highest BCUT2D eigenvalue weighted by atomic mass is 15.3. The maximum absolute atomic E-state index is 5.56. The molecule has 0 saturated heterocycles. The average Bonchev–Trinajstić information content (AvgIpc) is 2.55. The quantitative estimate of drug-likeness (QED) is 0.437. The summed E-state index contributed by atoms with van der Waals surface area (Å²) < 4.78 is 1.83. The molecular weight excluding hydrogens is 188 g/mol. The van der Waals surface area contributed by atoms with Crippen LogP contribution >= 0.6 is 0 Å². The minimum atomic E-state index is 0.117. The van der Waals surface area contributed by atoms with Crippen molar-refractivity contribution in [3.05, 3.63) is 29.6 Å². The summed E-state index contributed by atoms with van der Waals surface area (Å²) in [5.74, 6) is 5.56. The van der Waals surface area contributed by atoms with E-state index in [9.17, 15) is 0 Å². The zero-order chi connectivity index (χ0) is 11.4. The summed E-state index contributed by atoms with van der Waals surface area (Å²) in [6.07, 6.45) is 3.78. The van der Waals surface area contributed by atoms with E-state index in [0.29, 0.717) is 0 Å². The molecule has 1 aromatic rings. The molecule has 0 radical (unpaired) electrons. The smallest absolute Gasteiger partial charge is 0.0670 e. The second-order valence-corrected chi connectivity index (χ2v) is 3.94. The van der Waals surface area contributed by atoms with E-state index < -0.39 is 0 Å². The fraction of sp³-hybridized carbons (Fsp3) is 0.545. The van der Waals surface area contributed by atoms with Crippen molar-refractivity contribution in [1.82, 2.24) is 15.2 Å².